The molecule has 0 amide bonds. The highest BCUT2D eigenvalue weighted by molar-refractivity contribution is 7.93. The highest BCUT2D eigenvalue weighted by atomic mass is 32.2. The number of sulfonamides is 1. The van der Waals surface area contributed by atoms with Crippen molar-refractivity contribution in [1.29, 1.82) is 0 Å². The average Bonchev–Trinajstić information content (AvgIpc) is 3.00. The third-order valence-corrected chi connectivity index (χ3v) is 8.43. The van der Waals surface area contributed by atoms with Crippen molar-refractivity contribution in [2.24, 2.45) is 0 Å². The first kappa shape index (κ1) is 30.8. The van der Waals surface area contributed by atoms with Crippen LogP contribution in [0.1, 0.15) is 37.5 Å². The maximum atomic E-state index is 12.8. The molecule has 1 aromatic heterocycles. The summed E-state index contributed by atoms with van der Waals surface area (Å²) in [5, 5.41) is 4.07. The highest BCUT2D eigenvalue weighted by Crippen LogP contribution is 2.30. The van der Waals surface area contributed by atoms with Crippen LogP contribution in [0, 0.1) is 0 Å². The van der Waals surface area contributed by atoms with Crippen molar-refractivity contribution in [1.82, 2.24) is 10.3 Å². The number of aromatic nitrogens is 1. The Morgan fingerprint density at radius 2 is 1.57 bits per heavy atom. The molecule has 1 saturated carbocycles. The molecule has 3 aromatic carbocycles. The van der Waals surface area contributed by atoms with Gasteiger partial charge in [0.2, 0.25) is 0 Å². The first-order valence-corrected chi connectivity index (χ1v) is 15.5. The molecule has 10 heteroatoms. The summed E-state index contributed by atoms with van der Waals surface area (Å²) in [4.78, 5) is 17.4. The molecule has 6 rings (SSSR count). The third-order valence-electron chi connectivity index (χ3n) is 7.03. The van der Waals surface area contributed by atoms with E-state index in [1.807, 2.05) is 12.1 Å². The van der Waals surface area contributed by atoms with Crippen molar-refractivity contribution in [2.45, 2.75) is 30.6 Å². The van der Waals surface area contributed by atoms with Crippen molar-refractivity contribution in [3.63, 3.8) is 0 Å². The van der Waals surface area contributed by atoms with Crippen LogP contribution < -0.4 is 24.4 Å². The molecule has 42 heavy (non-hydrogen) atoms. The number of carbonyl (C=O) groups excluding carboxylic acids is 1. The Kier molecular flexibility index (Phi) is 11.1. The van der Waals surface area contributed by atoms with Crippen LogP contribution in [0.4, 0.5) is 11.4 Å². The van der Waals surface area contributed by atoms with E-state index >= 15 is 0 Å². The first-order chi connectivity index (χ1) is 20.5. The van der Waals surface area contributed by atoms with Gasteiger partial charge in [-0.05, 0) is 42.5 Å². The Bertz CT molecular complexity index is 1570. The van der Waals surface area contributed by atoms with Gasteiger partial charge in [-0.15, -0.1) is 0 Å². The van der Waals surface area contributed by atoms with E-state index in [2.05, 4.69) is 32.1 Å². The summed E-state index contributed by atoms with van der Waals surface area (Å²) < 4.78 is 38.5. The van der Waals surface area contributed by atoms with Gasteiger partial charge in [-0.3, -0.25) is 14.5 Å². The molecule has 224 valence electrons. The SMILES string of the molecule is C1CCC1.COc1cc(C=O)ccc1NS(=O)(=O)c1cccc2cccnc12.COc1ccccc1N1CCNCC1.[HH]. The summed E-state index contributed by atoms with van der Waals surface area (Å²) in [5.74, 6) is 1.23. The van der Waals surface area contributed by atoms with E-state index in [4.69, 9.17) is 9.47 Å². The number of methoxy groups -OCH3 is 2. The monoisotopic (exact) mass is 592 g/mol. The second-order valence-electron chi connectivity index (χ2n) is 9.84. The normalized spacial score (nSPS) is 14.3. The van der Waals surface area contributed by atoms with Gasteiger partial charge in [-0.25, -0.2) is 8.42 Å². The molecule has 4 aromatic rings. The van der Waals surface area contributed by atoms with Gasteiger partial charge >= 0.3 is 0 Å². The van der Waals surface area contributed by atoms with Gasteiger partial charge in [-0.1, -0.05) is 56.0 Å². The van der Waals surface area contributed by atoms with Gasteiger partial charge in [-0.2, -0.15) is 0 Å². The summed E-state index contributed by atoms with van der Waals surface area (Å²) in [7, 11) is -0.746. The average molecular weight is 593 g/mol. The molecule has 0 spiro atoms. The van der Waals surface area contributed by atoms with Crippen LogP contribution in [0.2, 0.25) is 0 Å². The number of nitrogens with one attached hydrogen (secondary N) is 2. The van der Waals surface area contributed by atoms with E-state index in [1.54, 1.807) is 37.6 Å². The number of nitrogens with zero attached hydrogens (tertiary/aromatic N) is 2. The van der Waals surface area contributed by atoms with E-state index in [0.29, 0.717) is 17.4 Å². The van der Waals surface area contributed by atoms with Gasteiger partial charge in [0.1, 0.15) is 22.7 Å². The van der Waals surface area contributed by atoms with Gasteiger partial charge in [0, 0.05) is 44.8 Å². The standard InChI is InChI=1S/C17H14N2O4S.C11H16N2O.C4H8.H2/c1-23-15-10-12(11-20)7-8-14(15)19-24(21,22)16-6-2-4-13-5-3-9-18-17(13)16;1-14-11-5-3-2-4-10(11)13-8-6-12-7-9-13;1-2-4-3-1;/h2-11,19H,1H3;2-5,12H,6-9H2,1H3;1-4H2;1H. The van der Waals surface area contributed by atoms with Crippen molar-refractivity contribution in [3.05, 3.63) is 84.6 Å². The van der Waals surface area contributed by atoms with E-state index in [-0.39, 0.29) is 17.8 Å². The molecule has 1 aliphatic carbocycles. The Hall–Kier alpha value is -4.15. The molecule has 2 heterocycles. The predicted molar refractivity (Wildman–Crippen MR) is 170 cm³/mol. The molecule has 0 unspecified atom stereocenters. The number of ether oxygens (including phenoxy) is 2. The second-order valence-corrected chi connectivity index (χ2v) is 11.5. The van der Waals surface area contributed by atoms with E-state index in [9.17, 15) is 13.2 Å². The lowest BCUT2D eigenvalue weighted by molar-refractivity contribution is 0.112. The Morgan fingerprint density at radius 1 is 0.881 bits per heavy atom. The molecular formula is C32H40N4O5S. The minimum absolute atomic E-state index is 0. The zero-order valence-corrected chi connectivity index (χ0v) is 24.9. The first-order valence-electron chi connectivity index (χ1n) is 14.1. The minimum Gasteiger partial charge on any atom is -0.495 e. The van der Waals surface area contributed by atoms with Crippen LogP contribution in [0.3, 0.4) is 0 Å². The Balaban J connectivity index is 0.000000224. The number of anilines is 2. The van der Waals surface area contributed by atoms with Crippen LogP contribution in [-0.4, -0.2) is 60.1 Å². The number of rotatable bonds is 7. The van der Waals surface area contributed by atoms with Gasteiger partial charge in [0.15, 0.2) is 0 Å². The van der Waals surface area contributed by atoms with Gasteiger partial charge < -0.3 is 19.7 Å². The molecule has 0 radical (unpaired) electrons. The Labute approximate surface area is 249 Å². The lowest BCUT2D eigenvalue weighted by atomic mass is 10.0. The zero-order valence-electron chi connectivity index (χ0n) is 24.1. The number of carbonyl (C=O) groups is 1. The molecule has 2 aliphatic rings. The lowest BCUT2D eigenvalue weighted by Gasteiger charge is -2.30. The van der Waals surface area contributed by atoms with Crippen molar-refractivity contribution in [3.8, 4) is 11.5 Å². The van der Waals surface area contributed by atoms with Crippen LogP contribution in [0.15, 0.2) is 83.9 Å². The smallest absolute Gasteiger partial charge is 0.264 e. The van der Waals surface area contributed by atoms with Crippen LogP contribution in [0.5, 0.6) is 11.5 Å². The van der Waals surface area contributed by atoms with Crippen molar-refractivity contribution >= 4 is 38.6 Å². The number of aldehydes is 1. The molecular weight excluding hydrogens is 552 g/mol. The topological polar surface area (TPSA) is 110 Å². The number of benzene rings is 3. The third kappa shape index (κ3) is 7.98. The lowest BCUT2D eigenvalue weighted by Crippen LogP contribution is -2.43. The second kappa shape index (κ2) is 15.2. The van der Waals surface area contributed by atoms with Crippen LogP contribution in [-0.2, 0) is 10.0 Å². The summed E-state index contributed by atoms with van der Waals surface area (Å²) in [6, 6.07) is 21.1. The summed E-state index contributed by atoms with van der Waals surface area (Å²) in [6.07, 6.45) is 8.20. The molecule has 0 bridgehead atoms. The fraction of sp³-hybridized carbons (Fsp3) is 0.312. The quantitative estimate of drug-likeness (QED) is 0.261. The molecule has 1 aliphatic heterocycles. The molecule has 9 nitrogen and oxygen atoms in total. The molecule has 0 atom stereocenters. The van der Waals surface area contributed by atoms with Crippen molar-refractivity contribution in [2.75, 3.05) is 50.0 Å². The van der Waals surface area contributed by atoms with E-state index < -0.39 is 10.0 Å². The van der Waals surface area contributed by atoms with Gasteiger partial charge in [0.25, 0.3) is 10.0 Å². The fourth-order valence-corrected chi connectivity index (χ4v) is 5.66. The molecule has 2 N–H and O–H groups in total. The Morgan fingerprint density at radius 3 is 2.24 bits per heavy atom. The number of hydrogen-bond donors (Lipinski definition) is 2. The van der Waals surface area contributed by atoms with Crippen LogP contribution in [0.25, 0.3) is 10.9 Å². The highest BCUT2D eigenvalue weighted by Gasteiger charge is 2.20. The minimum atomic E-state index is -3.87. The molecule has 1 saturated heterocycles. The van der Waals surface area contributed by atoms with Crippen LogP contribution >= 0.6 is 0 Å². The van der Waals surface area contributed by atoms with Gasteiger partial charge in [0.05, 0.1) is 31.1 Å². The zero-order chi connectivity index (χ0) is 29.8. The fourth-order valence-electron chi connectivity index (χ4n) is 4.40. The summed E-state index contributed by atoms with van der Waals surface area (Å²) in [5.41, 5.74) is 2.23. The predicted octanol–water partition coefficient (Wildman–Crippen LogP) is 5.77. The van der Waals surface area contributed by atoms with Crippen molar-refractivity contribution < 1.29 is 24.1 Å². The summed E-state index contributed by atoms with van der Waals surface area (Å²) in [6.45, 7) is 4.22. The maximum Gasteiger partial charge on any atom is 0.264 e. The maximum absolute atomic E-state index is 12.8. The largest absolute Gasteiger partial charge is 0.495 e. The number of pyridine rings is 1. The number of fused-ring (bicyclic) bond motifs is 1. The number of piperazine rings is 1. The van der Waals surface area contributed by atoms with E-state index in [0.717, 1.165) is 37.3 Å². The number of hydrogen-bond acceptors (Lipinski definition) is 8. The summed E-state index contributed by atoms with van der Waals surface area (Å²) >= 11 is 0. The molecule has 2 fully saturated rings. The van der Waals surface area contributed by atoms with E-state index in [1.165, 1.54) is 62.7 Å². The number of para-hydroxylation sites is 3.